The highest BCUT2D eigenvalue weighted by atomic mass is 79.9. The van der Waals surface area contributed by atoms with Gasteiger partial charge in [-0.15, -0.1) is 0 Å². The first-order valence-electron chi connectivity index (χ1n) is 5.82. The van der Waals surface area contributed by atoms with Gasteiger partial charge in [-0.05, 0) is 43.5 Å². The molecule has 1 aliphatic rings. The van der Waals surface area contributed by atoms with E-state index in [1.54, 1.807) is 0 Å². The van der Waals surface area contributed by atoms with Crippen LogP contribution in [0.15, 0.2) is 28.9 Å². The summed E-state index contributed by atoms with van der Waals surface area (Å²) in [4.78, 5) is 3.35. The summed E-state index contributed by atoms with van der Waals surface area (Å²) in [6.07, 6.45) is 5.92. The van der Waals surface area contributed by atoms with Crippen LogP contribution in [0.3, 0.4) is 0 Å². The van der Waals surface area contributed by atoms with Gasteiger partial charge < -0.3 is 10.3 Å². The Labute approximate surface area is 104 Å². The molecule has 0 amide bonds. The molecule has 1 aliphatic heterocycles. The van der Waals surface area contributed by atoms with Gasteiger partial charge in [0, 0.05) is 27.6 Å². The summed E-state index contributed by atoms with van der Waals surface area (Å²) in [7, 11) is 0. The largest absolute Gasteiger partial charge is 0.361 e. The summed E-state index contributed by atoms with van der Waals surface area (Å²) in [6.45, 7) is 1.18. The van der Waals surface area contributed by atoms with Crippen LogP contribution in [0, 0.1) is 0 Å². The number of fused-ring (bicyclic) bond motifs is 1. The molecule has 2 N–H and O–H groups in total. The molecule has 1 saturated heterocycles. The fraction of sp³-hybridized carbons (Fsp3) is 0.385. The molecule has 2 aromatic rings. The summed E-state index contributed by atoms with van der Waals surface area (Å²) >= 11 is 3.50. The van der Waals surface area contributed by atoms with Gasteiger partial charge in [-0.25, -0.2) is 0 Å². The van der Waals surface area contributed by atoms with Crippen molar-refractivity contribution in [1.29, 1.82) is 0 Å². The number of rotatable bonds is 2. The maximum atomic E-state index is 3.55. The zero-order chi connectivity index (χ0) is 11.0. The molecule has 1 aromatic heterocycles. The first-order valence-corrected chi connectivity index (χ1v) is 6.61. The summed E-state index contributed by atoms with van der Waals surface area (Å²) in [5.41, 5.74) is 2.66. The molecule has 84 valence electrons. The lowest BCUT2D eigenvalue weighted by atomic mass is 10.0. The number of nitrogens with one attached hydrogen (secondary N) is 2. The molecule has 0 saturated carbocycles. The highest BCUT2D eigenvalue weighted by Crippen LogP contribution is 2.24. The number of hydrogen-bond donors (Lipinski definition) is 2. The Morgan fingerprint density at radius 2 is 2.31 bits per heavy atom. The molecular weight excluding hydrogens is 264 g/mol. The molecule has 3 heteroatoms. The molecule has 2 heterocycles. The maximum Gasteiger partial charge on any atom is 0.0468 e. The molecule has 1 unspecified atom stereocenters. The van der Waals surface area contributed by atoms with Crippen LogP contribution in [0.1, 0.15) is 18.4 Å². The summed E-state index contributed by atoms with van der Waals surface area (Å²) in [5.74, 6) is 0. The Morgan fingerprint density at radius 1 is 1.38 bits per heavy atom. The summed E-state index contributed by atoms with van der Waals surface area (Å²) in [5, 5.41) is 4.91. The zero-order valence-electron chi connectivity index (χ0n) is 9.09. The average Bonchev–Trinajstić information content (AvgIpc) is 2.89. The second-order valence-electron chi connectivity index (χ2n) is 4.50. The minimum Gasteiger partial charge on any atom is -0.361 e. The highest BCUT2D eigenvalue weighted by Gasteiger charge is 2.16. The Hall–Kier alpha value is -0.800. The van der Waals surface area contributed by atoms with E-state index in [1.165, 1.54) is 35.9 Å². The highest BCUT2D eigenvalue weighted by molar-refractivity contribution is 9.10. The van der Waals surface area contributed by atoms with Gasteiger partial charge >= 0.3 is 0 Å². The standard InChI is InChI=1S/C13H15BrN2/c14-10-3-4-12-9(8-16-13(12)7-10)6-11-2-1-5-15-11/h3-4,7-8,11,15-16H,1-2,5-6H2. The van der Waals surface area contributed by atoms with E-state index in [4.69, 9.17) is 0 Å². The minimum atomic E-state index is 0.669. The molecule has 0 aliphatic carbocycles. The fourth-order valence-electron chi connectivity index (χ4n) is 2.52. The van der Waals surface area contributed by atoms with Gasteiger partial charge in [-0.3, -0.25) is 0 Å². The van der Waals surface area contributed by atoms with E-state index in [0.29, 0.717) is 6.04 Å². The third kappa shape index (κ3) is 1.89. The van der Waals surface area contributed by atoms with E-state index in [-0.39, 0.29) is 0 Å². The number of H-pyrrole nitrogens is 1. The number of halogens is 1. The SMILES string of the molecule is Brc1ccc2c(CC3CCCN3)c[nH]c2c1. The van der Waals surface area contributed by atoms with Crippen molar-refractivity contribution in [2.24, 2.45) is 0 Å². The summed E-state index contributed by atoms with van der Waals surface area (Å²) in [6, 6.07) is 7.12. The molecule has 2 nitrogen and oxygen atoms in total. The molecule has 1 aromatic carbocycles. The third-order valence-electron chi connectivity index (χ3n) is 3.36. The third-order valence-corrected chi connectivity index (χ3v) is 3.85. The quantitative estimate of drug-likeness (QED) is 0.868. The fourth-order valence-corrected chi connectivity index (χ4v) is 2.88. The number of aromatic nitrogens is 1. The number of hydrogen-bond acceptors (Lipinski definition) is 1. The van der Waals surface area contributed by atoms with Gasteiger partial charge in [0.15, 0.2) is 0 Å². The van der Waals surface area contributed by atoms with Gasteiger partial charge in [-0.2, -0.15) is 0 Å². The lowest BCUT2D eigenvalue weighted by Gasteiger charge is -2.08. The monoisotopic (exact) mass is 278 g/mol. The van der Waals surface area contributed by atoms with Crippen LogP contribution >= 0.6 is 15.9 Å². The lowest BCUT2D eigenvalue weighted by Crippen LogP contribution is -2.23. The normalized spacial score (nSPS) is 20.7. The van der Waals surface area contributed by atoms with E-state index >= 15 is 0 Å². The summed E-state index contributed by atoms with van der Waals surface area (Å²) < 4.78 is 1.13. The van der Waals surface area contributed by atoms with Crippen molar-refractivity contribution in [1.82, 2.24) is 10.3 Å². The van der Waals surface area contributed by atoms with Gasteiger partial charge in [0.25, 0.3) is 0 Å². The van der Waals surface area contributed by atoms with Crippen molar-refractivity contribution >= 4 is 26.8 Å². The van der Waals surface area contributed by atoms with Crippen LogP contribution in [0.4, 0.5) is 0 Å². The van der Waals surface area contributed by atoms with E-state index in [9.17, 15) is 0 Å². The van der Waals surface area contributed by atoms with E-state index < -0.39 is 0 Å². The van der Waals surface area contributed by atoms with Crippen molar-refractivity contribution in [2.45, 2.75) is 25.3 Å². The Bertz CT molecular complexity index is 498. The second-order valence-corrected chi connectivity index (χ2v) is 5.42. The topological polar surface area (TPSA) is 27.8 Å². The average molecular weight is 279 g/mol. The smallest absolute Gasteiger partial charge is 0.0468 e. The van der Waals surface area contributed by atoms with Crippen molar-refractivity contribution in [3.05, 3.63) is 34.4 Å². The molecule has 1 fully saturated rings. The van der Waals surface area contributed by atoms with Crippen LogP contribution in [-0.2, 0) is 6.42 Å². The molecular formula is C13H15BrN2. The van der Waals surface area contributed by atoms with Crippen molar-refractivity contribution in [2.75, 3.05) is 6.54 Å². The van der Waals surface area contributed by atoms with Gasteiger partial charge in [0.1, 0.15) is 0 Å². The van der Waals surface area contributed by atoms with Crippen LogP contribution in [0.25, 0.3) is 10.9 Å². The van der Waals surface area contributed by atoms with Crippen LogP contribution in [0.2, 0.25) is 0 Å². The maximum absolute atomic E-state index is 3.55. The first-order chi connectivity index (χ1) is 7.83. The van der Waals surface area contributed by atoms with E-state index in [0.717, 1.165) is 10.9 Å². The zero-order valence-corrected chi connectivity index (χ0v) is 10.7. The molecule has 3 rings (SSSR count). The van der Waals surface area contributed by atoms with Gasteiger partial charge in [-0.1, -0.05) is 22.0 Å². The van der Waals surface area contributed by atoms with Crippen molar-refractivity contribution < 1.29 is 0 Å². The number of benzene rings is 1. The number of aromatic amines is 1. The predicted octanol–water partition coefficient (Wildman–Crippen LogP) is 3.22. The second kappa shape index (κ2) is 4.22. The van der Waals surface area contributed by atoms with Crippen LogP contribution in [-0.4, -0.2) is 17.6 Å². The molecule has 16 heavy (non-hydrogen) atoms. The van der Waals surface area contributed by atoms with Crippen LogP contribution < -0.4 is 5.32 Å². The van der Waals surface area contributed by atoms with Crippen molar-refractivity contribution in [3.8, 4) is 0 Å². The molecule has 1 atom stereocenters. The van der Waals surface area contributed by atoms with E-state index in [2.05, 4.69) is 50.6 Å². The molecule has 0 bridgehead atoms. The van der Waals surface area contributed by atoms with Crippen LogP contribution in [0.5, 0.6) is 0 Å². The Balaban J connectivity index is 1.91. The van der Waals surface area contributed by atoms with Gasteiger partial charge in [0.2, 0.25) is 0 Å². The lowest BCUT2D eigenvalue weighted by molar-refractivity contribution is 0.605. The molecule has 0 radical (unpaired) electrons. The van der Waals surface area contributed by atoms with E-state index in [1.807, 2.05) is 0 Å². The first kappa shape index (κ1) is 10.4. The Kier molecular flexibility index (Phi) is 2.74. The predicted molar refractivity (Wildman–Crippen MR) is 70.7 cm³/mol. The Morgan fingerprint density at radius 3 is 3.12 bits per heavy atom. The van der Waals surface area contributed by atoms with Gasteiger partial charge in [0.05, 0.1) is 0 Å². The molecule has 0 spiro atoms. The minimum absolute atomic E-state index is 0.669. The van der Waals surface area contributed by atoms with Crippen molar-refractivity contribution in [3.63, 3.8) is 0 Å².